The Morgan fingerprint density at radius 3 is 1.26 bits per heavy atom. The Balaban J connectivity index is 0.977. The van der Waals surface area contributed by atoms with Crippen molar-refractivity contribution in [1.82, 2.24) is 0 Å². The Labute approximate surface area is 411 Å². The van der Waals surface area contributed by atoms with E-state index in [9.17, 15) is 0 Å². The van der Waals surface area contributed by atoms with Crippen molar-refractivity contribution in [2.75, 3.05) is 4.90 Å². The Hall–Kier alpha value is -8.78. The third kappa shape index (κ3) is 6.39. The fraction of sp³-hybridized carbons (Fsp3) is 0.0435. The summed E-state index contributed by atoms with van der Waals surface area (Å²) in [6.45, 7) is 2.39. The molecule has 70 heavy (non-hydrogen) atoms. The summed E-state index contributed by atoms with van der Waals surface area (Å²) in [7, 11) is 0. The molecule has 2 aliphatic carbocycles. The first-order valence-electron chi connectivity index (χ1n) is 24.4. The average Bonchev–Trinajstić information content (AvgIpc) is 3.89. The van der Waals surface area contributed by atoms with Crippen LogP contribution >= 0.6 is 0 Å². The minimum absolute atomic E-state index is 0.271. The molecule has 330 valence electrons. The third-order valence-corrected chi connectivity index (χ3v) is 15.3. The fourth-order valence-electron chi connectivity index (χ4n) is 12.0. The summed E-state index contributed by atoms with van der Waals surface area (Å²) < 4.78 is 0. The summed E-state index contributed by atoms with van der Waals surface area (Å²) >= 11 is 0. The Kier molecular flexibility index (Phi) is 9.92. The Bertz CT molecular complexity index is 3670. The molecule has 0 saturated carbocycles. The second-order valence-corrected chi connectivity index (χ2v) is 18.9. The van der Waals surface area contributed by atoms with Gasteiger partial charge in [-0.15, -0.1) is 0 Å². The molecule has 0 amide bonds. The molecule has 0 saturated heterocycles. The first kappa shape index (κ1) is 41.4. The SMILES string of the molecule is CC1(c2ccccc2)c2ccccc2-c2ccc(-c3ccc(N(c4ccccc4-c4ccccc4)c4ccccc4-c4ccc5c(c4)C(c4ccccc4)(c4ccccc4)c4ccccc4-5)cc3)cc21. The molecule has 0 heterocycles. The van der Waals surface area contributed by atoms with Crippen LogP contribution in [-0.2, 0) is 10.8 Å². The van der Waals surface area contributed by atoms with Gasteiger partial charge in [0.25, 0.3) is 0 Å². The van der Waals surface area contributed by atoms with E-state index in [1.54, 1.807) is 0 Å². The molecule has 1 atom stereocenters. The van der Waals surface area contributed by atoms with E-state index in [0.29, 0.717) is 0 Å². The van der Waals surface area contributed by atoms with Crippen LogP contribution < -0.4 is 4.90 Å². The molecule has 11 aromatic carbocycles. The number of nitrogens with zero attached hydrogens (tertiary/aromatic N) is 1. The number of anilines is 3. The number of hydrogen-bond acceptors (Lipinski definition) is 1. The van der Waals surface area contributed by atoms with Crippen LogP contribution in [0.5, 0.6) is 0 Å². The average molecular weight is 892 g/mol. The predicted molar refractivity (Wildman–Crippen MR) is 292 cm³/mol. The molecular formula is C69H49N. The predicted octanol–water partition coefficient (Wildman–Crippen LogP) is 17.9. The largest absolute Gasteiger partial charge is 0.309 e. The van der Waals surface area contributed by atoms with Crippen LogP contribution in [0.1, 0.15) is 45.9 Å². The van der Waals surface area contributed by atoms with Crippen molar-refractivity contribution in [2.45, 2.75) is 17.8 Å². The van der Waals surface area contributed by atoms with Crippen molar-refractivity contribution >= 4 is 17.1 Å². The molecule has 0 spiro atoms. The number of rotatable bonds is 9. The first-order valence-corrected chi connectivity index (χ1v) is 24.4. The monoisotopic (exact) mass is 891 g/mol. The highest BCUT2D eigenvalue weighted by atomic mass is 15.1. The van der Waals surface area contributed by atoms with E-state index in [1.165, 1.54) is 77.9 Å². The minimum Gasteiger partial charge on any atom is -0.309 e. The molecule has 11 aromatic rings. The van der Waals surface area contributed by atoms with Crippen LogP contribution in [-0.4, -0.2) is 0 Å². The lowest BCUT2D eigenvalue weighted by Gasteiger charge is -2.34. The van der Waals surface area contributed by atoms with E-state index in [-0.39, 0.29) is 5.41 Å². The van der Waals surface area contributed by atoms with Gasteiger partial charge in [-0.3, -0.25) is 0 Å². The fourth-order valence-corrected chi connectivity index (χ4v) is 12.0. The zero-order valence-electron chi connectivity index (χ0n) is 39.0. The van der Waals surface area contributed by atoms with Crippen LogP contribution in [0, 0.1) is 0 Å². The van der Waals surface area contributed by atoms with Crippen molar-refractivity contribution < 1.29 is 0 Å². The quantitative estimate of drug-likeness (QED) is 0.140. The molecule has 2 aliphatic rings. The molecule has 0 fully saturated rings. The van der Waals surface area contributed by atoms with E-state index < -0.39 is 5.41 Å². The van der Waals surface area contributed by atoms with Gasteiger partial charge in [-0.1, -0.05) is 243 Å². The van der Waals surface area contributed by atoms with Gasteiger partial charge in [0.1, 0.15) is 0 Å². The van der Waals surface area contributed by atoms with Crippen LogP contribution in [0.3, 0.4) is 0 Å². The lowest BCUT2D eigenvalue weighted by molar-refractivity contribution is 0.714. The molecule has 0 aromatic heterocycles. The molecule has 13 rings (SSSR count). The van der Waals surface area contributed by atoms with E-state index in [1.807, 2.05) is 0 Å². The van der Waals surface area contributed by atoms with Gasteiger partial charge in [-0.25, -0.2) is 0 Å². The van der Waals surface area contributed by atoms with Gasteiger partial charge in [0.2, 0.25) is 0 Å². The highest BCUT2D eigenvalue weighted by Crippen LogP contribution is 2.58. The normalized spacial score (nSPS) is 14.8. The lowest BCUT2D eigenvalue weighted by atomic mass is 9.67. The Morgan fingerprint density at radius 1 is 0.257 bits per heavy atom. The maximum Gasteiger partial charge on any atom is 0.0713 e. The van der Waals surface area contributed by atoms with Crippen molar-refractivity contribution in [1.29, 1.82) is 0 Å². The maximum atomic E-state index is 2.48. The van der Waals surface area contributed by atoms with E-state index >= 15 is 0 Å². The number of fused-ring (bicyclic) bond motifs is 6. The van der Waals surface area contributed by atoms with E-state index in [4.69, 9.17) is 0 Å². The standard InChI is InChI=1S/C69H49N/c1-68(52-24-8-3-9-25-52)62-34-18-14-32-58(62)60-44-40-50(46-64(60)68)48-38-42-55(43-39-48)70(66-36-20-16-30-56(66)49-22-6-2-7-23-49)67-37-21-17-31-57(67)51-41-45-61-59-33-15-19-35-63(59)69(65(61)47-51,53-26-10-4-11-27-53)54-28-12-5-13-29-54/h2-47H,1H3. The van der Waals surface area contributed by atoms with Gasteiger partial charge in [0.05, 0.1) is 16.8 Å². The molecular weight excluding hydrogens is 843 g/mol. The second-order valence-electron chi connectivity index (χ2n) is 18.9. The van der Waals surface area contributed by atoms with Gasteiger partial charge >= 0.3 is 0 Å². The highest BCUT2D eigenvalue weighted by molar-refractivity contribution is 5.96. The molecule has 1 heteroatoms. The van der Waals surface area contributed by atoms with Crippen LogP contribution in [0.4, 0.5) is 17.1 Å². The summed E-state index contributed by atoms with van der Waals surface area (Å²) in [4.78, 5) is 2.47. The smallest absolute Gasteiger partial charge is 0.0713 e. The maximum absolute atomic E-state index is 2.48. The zero-order chi connectivity index (χ0) is 46.7. The molecule has 0 N–H and O–H groups in total. The van der Waals surface area contributed by atoms with Gasteiger partial charge in [-0.2, -0.15) is 0 Å². The van der Waals surface area contributed by atoms with Crippen molar-refractivity contribution in [3.05, 3.63) is 318 Å². The van der Waals surface area contributed by atoms with Crippen molar-refractivity contribution in [2.24, 2.45) is 0 Å². The van der Waals surface area contributed by atoms with Gasteiger partial charge < -0.3 is 4.90 Å². The Morgan fingerprint density at radius 2 is 0.657 bits per heavy atom. The van der Waals surface area contributed by atoms with Crippen LogP contribution in [0.2, 0.25) is 0 Å². The molecule has 0 aliphatic heterocycles. The summed E-state index contributed by atoms with van der Waals surface area (Å²) in [6, 6.07) is 103. The summed E-state index contributed by atoms with van der Waals surface area (Å²) in [6.07, 6.45) is 0. The number of para-hydroxylation sites is 2. The van der Waals surface area contributed by atoms with Crippen molar-refractivity contribution in [3.8, 4) is 55.6 Å². The molecule has 0 radical (unpaired) electrons. The van der Waals surface area contributed by atoms with Gasteiger partial charge in [0.15, 0.2) is 0 Å². The first-order chi connectivity index (χ1) is 34.6. The highest BCUT2D eigenvalue weighted by Gasteiger charge is 2.46. The minimum atomic E-state index is -0.506. The van der Waals surface area contributed by atoms with Gasteiger partial charge in [-0.05, 0) is 127 Å². The molecule has 0 bridgehead atoms. The van der Waals surface area contributed by atoms with Gasteiger partial charge in [0, 0.05) is 22.2 Å². The van der Waals surface area contributed by atoms with E-state index in [2.05, 4.69) is 291 Å². The number of benzene rings is 11. The van der Waals surface area contributed by atoms with Crippen LogP contribution in [0.15, 0.2) is 279 Å². The summed E-state index contributed by atoms with van der Waals surface area (Å²) in [5.41, 5.74) is 23.8. The van der Waals surface area contributed by atoms with E-state index in [0.717, 1.165) is 33.8 Å². The van der Waals surface area contributed by atoms with Crippen LogP contribution in [0.25, 0.3) is 55.6 Å². The third-order valence-electron chi connectivity index (χ3n) is 15.3. The summed E-state index contributed by atoms with van der Waals surface area (Å²) in [5.74, 6) is 0. The molecule has 1 nitrogen and oxygen atoms in total. The molecule has 1 unspecified atom stereocenters. The number of hydrogen-bond donors (Lipinski definition) is 0. The summed E-state index contributed by atoms with van der Waals surface area (Å²) in [5, 5.41) is 0. The lowest BCUT2D eigenvalue weighted by Crippen LogP contribution is -2.28. The second kappa shape index (κ2) is 16.8. The van der Waals surface area contributed by atoms with Crippen molar-refractivity contribution in [3.63, 3.8) is 0 Å². The zero-order valence-corrected chi connectivity index (χ0v) is 39.0. The topological polar surface area (TPSA) is 3.24 Å².